The number of benzene rings is 2. The van der Waals surface area contributed by atoms with Gasteiger partial charge in [0.2, 0.25) is 5.91 Å². The number of nitrogens with zero attached hydrogens (tertiary/aromatic N) is 2. The topological polar surface area (TPSA) is 49.9 Å². The maximum Gasteiger partial charge on any atom is 0.415 e. The van der Waals surface area contributed by atoms with Gasteiger partial charge in [-0.2, -0.15) is 0 Å². The highest BCUT2D eigenvalue weighted by Crippen LogP contribution is 2.13. The van der Waals surface area contributed by atoms with Gasteiger partial charge in [-0.15, -0.1) is 0 Å². The second-order valence-electron chi connectivity index (χ2n) is 6.57. The zero-order valence-corrected chi connectivity index (χ0v) is 15.1. The fourth-order valence-electron chi connectivity index (χ4n) is 3.11. The Morgan fingerprint density at radius 3 is 2.42 bits per heavy atom. The van der Waals surface area contributed by atoms with E-state index in [1.165, 1.54) is 0 Å². The van der Waals surface area contributed by atoms with Gasteiger partial charge in [0.1, 0.15) is 5.75 Å². The van der Waals surface area contributed by atoms with Crippen molar-refractivity contribution in [1.29, 1.82) is 0 Å². The highest BCUT2D eigenvalue weighted by atomic mass is 16.6. The molecule has 26 heavy (non-hydrogen) atoms. The van der Waals surface area contributed by atoms with Crippen LogP contribution >= 0.6 is 0 Å². The third-order valence-corrected chi connectivity index (χ3v) is 4.49. The van der Waals surface area contributed by atoms with E-state index >= 15 is 0 Å². The Morgan fingerprint density at radius 1 is 0.923 bits per heavy atom. The van der Waals surface area contributed by atoms with E-state index in [4.69, 9.17) is 4.74 Å². The number of carbonyl (C=O) groups excluding carboxylic acids is 2. The molecule has 2 aromatic carbocycles. The van der Waals surface area contributed by atoms with Gasteiger partial charge in [0, 0.05) is 26.2 Å². The molecule has 2 aromatic rings. The van der Waals surface area contributed by atoms with Crippen LogP contribution in [0.4, 0.5) is 4.79 Å². The van der Waals surface area contributed by atoms with Crippen molar-refractivity contribution in [2.75, 3.05) is 26.2 Å². The average Bonchev–Trinajstić information content (AvgIpc) is 2.89. The molecule has 1 heterocycles. The summed E-state index contributed by atoms with van der Waals surface area (Å²) in [6.07, 6.45) is 0.795. The normalized spacial score (nSPS) is 14.7. The molecule has 0 saturated carbocycles. The van der Waals surface area contributed by atoms with Gasteiger partial charge in [-0.3, -0.25) is 4.79 Å². The summed E-state index contributed by atoms with van der Waals surface area (Å²) in [6.45, 7) is 4.32. The molecular formula is C21H24N2O3. The minimum absolute atomic E-state index is 0.105. The summed E-state index contributed by atoms with van der Waals surface area (Å²) in [5.74, 6) is 0.642. The van der Waals surface area contributed by atoms with E-state index in [2.05, 4.69) is 0 Å². The number of hydrogen-bond donors (Lipinski definition) is 0. The predicted molar refractivity (Wildman–Crippen MR) is 100 cm³/mol. The maximum atomic E-state index is 12.6. The molecule has 0 N–H and O–H groups in total. The molecule has 0 radical (unpaired) electrons. The number of rotatable bonds is 3. The minimum atomic E-state index is -0.357. The standard InChI is InChI=1S/C21H24N2O3/c1-17-7-5-8-18(15-17)16-20(24)22-11-6-12-23(14-13-22)21(25)26-19-9-3-2-4-10-19/h2-5,7-10,15H,6,11-14,16H2,1H3. The highest BCUT2D eigenvalue weighted by molar-refractivity contribution is 5.79. The molecule has 1 aliphatic heterocycles. The van der Waals surface area contributed by atoms with Crippen LogP contribution in [-0.2, 0) is 11.2 Å². The smallest absolute Gasteiger partial charge is 0.410 e. The molecule has 0 unspecified atom stereocenters. The summed E-state index contributed by atoms with van der Waals surface area (Å²) in [4.78, 5) is 28.4. The minimum Gasteiger partial charge on any atom is -0.410 e. The number of carbonyl (C=O) groups is 2. The summed E-state index contributed by atoms with van der Waals surface area (Å²) in [5.41, 5.74) is 2.18. The number of amides is 2. The third kappa shape index (κ3) is 4.85. The summed E-state index contributed by atoms with van der Waals surface area (Å²) in [7, 11) is 0. The first-order valence-corrected chi connectivity index (χ1v) is 8.97. The van der Waals surface area contributed by atoms with Crippen LogP contribution in [0.5, 0.6) is 5.75 Å². The second kappa shape index (κ2) is 8.52. The van der Waals surface area contributed by atoms with E-state index < -0.39 is 0 Å². The van der Waals surface area contributed by atoms with Crippen LogP contribution in [0.3, 0.4) is 0 Å². The van der Waals surface area contributed by atoms with Gasteiger partial charge < -0.3 is 14.5 Å². The average molecular weight is 352 g/mol. The molecular weight excluding hydrogens is 328 g/mol. The van der Waals surface area contributed by atoms with Gasteiger partial charge in [-0.1, -0.05) is 48.0 Å². The first-order chi connectivity index (χ1) is 12.6. The summed E-state index contributed by atoms with van der Waals surface area (Å²) in [6, 6.07) is 17.1. The van der Waals surface area contributed by atoms with Gasteiger partial charge in [-0.25, -0.2) is 4.79 Å². The van der Waals surface area contributed by atoms with E-state index in [-0.39, 0.29) is 12.0 Å². The summed E-state index contributed by atoms with van der Waals surface area (Å²) < 4.78 is 5.40. The van der Waals surface area contributed by atoms with E-state index in [0.717, 1.165) is 17.5 Å². The van der Waals surface area contributed by atoms with Crippen LogP contribution < -0.4 is 4.74 Å². The Balaban J connectivity index is 1.54. The van der Waals surface area contributed by atoms with Gasteiger partial charge in [0.25, 0.3) is 0 Å². The molecule has 0 atom stereocenters. The van der Waals surface area contributed by atoms with Crippen molar-refractivity contribution in [3.8, 4) is 5.75 Å². The third-order valence-electron chi connectivity index (χ3n) is 4.49. The predicted octanol–water partition coefficient (Wildman–Crippen LogP) is 3.27. The SMILES string of the molecule is Cc1cccc(CC(=O)N2CCCN(C(=O)Oc3ccccc3)CC2)c1. The van der Waals surface area contributed by atoms with E-state index in [1.807, 2.05) is 54.3 Å². The van der Waals surface area contributed by atoms with Crippen LogP contribution in [0, 0.1) is 6.92 Å². The molecule has 1 fully saturated rings. The van der Waals surface area contributed by atoms with Crippen molar-refractivity contribution in [1.82, 2.24) is 9.80 Å². The van der Waals surface area contributed by atoms with Gasteiger partial charge in [-0.05, 0) is 31.0 Å². The van der Waals surface area contributed by atoms with Crippen molar-refractivity contribution >= 4 is 12.0 Å². The number of aryl methyl sites for hydroxylation is 1. The van der Waals surface area contributed by atoms with Crippen LogP contribution in [0.25, 0.3) is 0 Å². The Hall–Kier alpha value is -2.82. The summed E-state index contributed by atoms with van der Waals surface area (Å²) in [5, 5.41) is 0. The first-order valence-electron chi connectivity index (χ1n) is 8.97. The zero-order valence-electron chi connectivity index (χ0n) is 15.1. The fourth-order valence-corrected chi connectivity index (χ4v) is 3.11. The van der Waals surface area contributed by atoms with Crippen molar-refractivity contribution in [2.45, 2.75) is 19.8 Å². The lowest BCUT2D eigenvalue weighted by Gasteiger charge is -2.22. The van der Waals surface area contributed by atoms with Crippen LogP contribution in [0.1, 0.15) is 17.5 Å². The first kappa shape index (κ1) is 18.0. The largest absolute Gasteiger partial charge is 0.415 e. The molecule has 0 aromatic heterocycles. The van der Waals surface area contributed by atoms with Crippen molar-refractivity contribution in [2.24, 2.45) is 0 Å². The monoisotopic (exact) mass is 352 g/mol. The van der Waals surface area contributed by atoms with Crippen LogP contribution in [-0.4, -0.2) is 48.0 Å². The number of hydrogen-bond acceptors (Lipinski definition) is 3. The highest BCUT2D eigenvalue weighted by Gasteiger charge is 2.23. The van der Waals surface area contributed by atoms with Crippen LogP contribution in [0.2, 0.25) is 0 Å². The van der Waals surface area contributed by atoms with Crippen molar-refractivity contribution < 1.29 is 14.3 Å². The van der Waals surface area contributed by atoms with E-state index in [0.29, 0.717) is 38.3 Å². The Kier molecular flexibility index (Phi) is 5.89. The van der Waals surface area contributed by atoms with E-state index in [9.17, 15) is 9.59 Å². The Bertz CT molecular complexity index is 761. The quantitative estimate of drug-likeness (QED) is 0.852. The molecule has 0 aliphatic carbocycles. The Morgan fingerprint density at radius 2 is 1.65 bits per heavy atom. The lowest BCUT2D eigenvalue weighted by molar-refractivity contribution is -0.130. The van der Waals surface area contributed by atoms with E-state index in [1.54, 1.807) is 17.0 Å². The molecule has 5 nitrogen and oxygen atoms in total. The fraction of sp³-hybridized carbons (Fsp3) is 0.333. The molecule has 2 amide bonds. The number of para-hydroxylation sites is 1. The van der Waals surface area contributed by atoms with Gasteiger partial charge in [0.05, 0.1) is 6.42 Å². The summed E-state index contributed by atoms with van der Waals surface area (Å²) >= 11 is 0. The van der Waals surface area contributed by atoms with Gasteiger partial charge in [0.15, 0.2) is 0 Å². The lowest BCUT2D eigenvalue weighted by atomic mass is 10.1. The Labute approximate surface area is 154 Å². The molecule has 5 heteroatoms. The molecule has 0 bridgehead atoms. The molecule has 0 spiro atoms. The van der Waals surface area contributed by atoms with Crippen molar-refractivity contribution in [3.05, 3.63) is 65.7 Å². The molecule has 136 valence electrons. The maximum absolute atomic E-state index is 12.6. The zero-order chi connectivity index (χ0) is 18.4. The molecule has 1 saturated heterocycles. The van der Waals surface area contributed by atoms with Crippen LogP contribution in [0.15, 0.2) is 54.6 Å². The second-order valence-corrected chi connectivity index (χ2v) is 6.57. The lowest BCUT2D eigenvalue weighted by Crippen LogP contribution is -2.39. The van der Waals surface area contributed by atoms with Crippen molar-refractivity contribution in [3.63, 3.8) is 0 Å². The van der Waals surface area contributed by atoms with Gasteiger partial charge >= 0.3 is 6.09 Å². The molecule has 3 rings (SSSR count). The number of ether oxygens (including phenoxy) is 1. The molecule has 1 aliphatic rings.